The molecule has 168 valence electrons. The monoisotopic (exact) mass is 435 g/mol. The number of rotatable bonds is 8. The van der Waals surface area contributed by atoms with Gasteiger partial charge in [-0.1, -0.05) is 19.9 Å². The summed E-state index contributed by atoms with van der Waals surface area (Å²) in [7, 11) is 5.13. The topological polar surface area (TPSA) is 61.4 Å². The van der Waals surface area contributed by atoms with Gasteiger partial charge in [0.05, 0.1) is 18.8 Å². The number of anilines is 1. The first-order chi connectivity index (χ1) is 14.4. The van der Waals surface area contributed by atoms with E-state index in [4.69, 9.17) is 4.74 Å². The van der Waals surface area contributed by atoms with Crippen LogP contribution in [0.2, 0.25) is 0 Å². The van der Waals surface area contributed by atoms with Crippen LogP contribution < -0.4 is 9.64 Å². The molecule has 0 saturated carbocycles. The summed E-state index contributed by atoms with van der Waals surface area (Å²) in [6, 6.07) is 7.59. The van der Waals surface area contributed by atoms with Crippen LogP contribution in [-0.4, -0.2) is 48.3 Å². The van der Waals surface area contributed by atoms with Gasteiger partial charge in [-0.05, 0) is 30.0 Å². The van der Waals surface area contributed by atoms with Gasteiger partial charge in [-0.3, -0.25) is 0 Å². The van der Waals surface area contributed by atoms with Crippen LogP contribution in [0.25, 0.3) is 10.9 Å². The van der Waals surface area contributed by atoms with E-state index in [2.05, 4.69) is 9.97 Å². The Morgan fingerprint density at radius 1 is 1.19 bits per heavy atom. The van der Waals surface area contributed by atoms with Crippen LogP contribution in [0.3, 0.4) is 0 Å². The summed E-state index contributed by atoms with van der Waals surface area (Å²) in [5.41, 5.74) is -1.47. The molecule has 8 heteroatoms. The number of hydrogen-bond acceptors (Lipinski definition) is 4. The molecule has 2 heterocycles. The van der Waals surface area contributed by atoms with E-state index in [-0.39, 0.29) is 18.6 Å². The maximum absolute atomic E-state index is 14.1. The van der Waals surface area contributed by atoms with Gasteiger partial charge < -0.3 is 19.7 Å². The Labute approximate surface area is 179 Å². The number of ether oxygens (including phenoxy) is 1. The second-order valence-electron chi connectivity index (χ2n) is 8.81. The largest absolute Gasteiger partial charge is 0.496 e. The molecule has 0 radical (unpaired) electrons. The van der Waals surface area contributed by atoms with Crippen molar-refractivity contribution in [3.63, 3.8) is 0 Å². The van der Waals surface area contributed by atoms with E-state index in [1.54, 1.807) is 26.1 Å². The van der Waals surface area contributed by atoms with Gasteiger partial charge in [0, 0.05) is 43.2 Å². The number of aromatic amines is 1. The number of H-pyrrole nitrogens is 1. The number of methoxy groups -OCH3 is 1. The van der Waals surface area contributed by atoms with Gasteiger partial charge in [0.25, 0.3) is 6.43 Å². The Bertz CT molecular complexity index is 1070. The predicted octanol–water partition coefficient (Wildman–Crippen LogP) is 4.68. The van der Waals surface area contributed by atoms with Crippen LogP contribution in [-0.2, 0) is 11.8 Å². The average molecular weight is 435 g/mol. The molecular weight excluding hydrogens is 407 g/mol. The maximum atomic E-state index is 14.1. The lowest BCUT2D eigenvalue weighted by Gasteiger charge is -2.36. The number of nitrogens with zero attached hydrogens (tertiary/aromatic N) is 2. The molecular formula is C23H28F3N3O2. The van der Waals surface area contributed by atoms with Crippen LogP contribution in [0.1, 0.15) is 31.5 Å². The average Bonchev–Trinajstić information content (AvgIpc) is 3.07. The molecule has 0 amide bonds. The minimum atomic E-state index is -2.99. The highest BCUT2D eigenvalue weighted by Gasteiger charge is 2.44. The summed E-state index contributed by atoms with van der Waals surface area (Å²) in [4.78, 5) is 9.24. The standard InChI is InChI=1S/C23H28F3N3O2/c1-22(2,17-7-6-15(24)10-19(17)31-5)13-23(30,21(25)26)11-16-8-14-9-20(29(3)4)27-12-18(14)28-16/h6-10,12,21,28,30H,11,13H2,1-5H3. The number of hydrogen-bond donors (Lipinski definition) is 2. The minimum Gasteiger partial charge on any atom is -0.496 e. The quantitative estimate of drug-likeness (QED) is 0.539. The number of benzene rings is 1. The van der Waals surface area contributed by atoms with E-state index in [1.807, 2.05) is 25.1 Å². The second-order valence-corrected chi connectivity index (χ2v) is 8.81. The SMILES string of the molecule is COc1cc(F)ccc1C(C)(C)CC(O)(Cc1cc2cc(N(C)C)ncc2[nH]1)C(F)F. The predicted molar refractivity (Wildman–Crippen MR) is 116 cm³/mol. The Balaban J connectivity index is 1.92. The van der Waals surface area contributed by atoms with Crippen LogP contribution >= 0.6 is 0 Å². The van der Waals surface area contributed by atoms with Gasteiger partial charge in [-0.15, -0.1) is 0 Å². The van der Waals surface area contributed by atoms with Crippen molar-refractivity contribution in [1.82, 2.24) is 9.97 Å². The van der Waals surface area contributed by atoms with Crippen molar-refractivity contribution >= 4 is 16.7 Å². The van der Waals surface area contributed by atoms with Crippen molar-refractivity contribution in [1.29, 1.82) is 0 Å². The molecule has 0 spiro atoms. The molecule has 5 nitrogen and oxygen atoms in total. The van der Waals surface area contributed by atoms with Gasteiger partial charge in [-0.25, -0.2) is 18.2 Å². The van der Waals surface area contributed by atoms with Crippen molar-refractivity contribution in [2.75, 3.05) is 26.1 Å². The van der Waals surface area contributed by atoms with Gasteiger partial charge in [0.15, 0.2) is 0 Å². The molecule has 0 fully saturated rings. The van der Waals surface area contributed by atoms with Gasteiger partial charge >= 0.3 is 0 Å². The Morgan fingerprint density at radius 3 is 2.52 bits per heavy atom. The molecule has 0 aliphatic rings. The van der Waals surface area contributed by atoms with E-state index in [0.29, 0.717) is 16.8 Å². The fraction of sp³-hybridized carbons (Fsp3) is 0.435. The van der Waals surface area contributed by atoms with E-state index >= 15 is 0 Å². The Hall–Kier alpha value is -2.74. The van der Waals surface area contributed by atoms with Crippen LogP contribution in [0, 0.1) is 5.82 Å². The lowest BCUT2D eigenvalue weighted by atomic mass is 9.73. The number of fused-ring (bicyclic) bond motifs is 1. The molecule has 1 atom stereocenters. The van der Waals surface area contributed by atoms with E-state index in [1.165, 1.54) is 25.3 Å². The Kier molecular flexibility index (Phi) is 6.23. The summed E-state index contributed by atoms with van der Waals surface area (Å²) < 4.78 is 47.1. The smallest absolute Gasteiger partial charge is 0.267 e. The third-order valence-corrected chi connectivity index (χ3v) is 5.55. The number of alkyl halides is 2. The van der Waals surface area contributed by atoms with Crippen molar-refractivity contribution in [3.8, 4) is 5.75 Å². The zero-order valence-electron chi connectivity index (χ0n) is 18.3. The normalized spacial score (nSPS) is 14.1. The molecule has 31 heavy (non-hydrogen) atoms. The third kappa shape index (κ3) is 4.79. The molecule has 0 aliphatic heterocycles. The summed E-state index contributed by atoms with van der Waals surface area (Å²) in [6.45, 7) is 3.46. The highest BCUT2D eigenvalue weighted by Crippen LogP contribution is 2.41. The zero-order chi connectivity index (χ0) is 23.0. The lowest BCUT2D eigenvalue weighted by Crippen LogP contribution is -2.45. The second kappa shape index (κ2) is 8.42. The molecule has 0 bridgehead atoms. The first kappa shape index (κ1) is 22.9. The number of halogens is 3. The summed E-state index contributed by atoms with van der Waals surface area (Å²) >= 11 is 0. The van der Waals surface area contributed by atoms with Crippen LogP contribution in [0.5, 0.6) is 5.75 Å². The Morgan fingerprint density at radius 2 is 1.90 bits per heavy atom. The van der Waals surface area contributed by atoms with Gasteiger partial charge in [-0.2, -0.15) is 0 Å². The fourth-order valence-electron chi connectivity index (χ4n) is 4.05. The first-order valence-electron chi connectivity index (χ1n) is 9.95. The van der Waals surface area contributed by atoms with E-state index < -0.39 is 23.3 Å². The van der Waals surface area contributed by atoms with Gasteiger partial charge in [0.2, 0.25) is 0 Å². The summed E-state index contributed by atoms with van der Waals surface area (Å²) in [6.07, 6.45) is -1.87. The number of nitrogens with one attached hydrogen (secondary N) is 1. The van der Waals surface area contributed by atoms with Crippen molar-refractivity contribution in [2.24, 2.45) is 0 Å². The molecule has 1 unspecified atom stereocenters. The zero-order valence-corrected chi connectivity index (χ0v) is 18.3. The van der Waals surface area contributed by atoms with E-state index in [9.17, 15) is 18.3 Å². The highest BCUT2D eigenvalue weighted by atomic mass is 19.3. The molecule has 2 N–H and O–H groups in total. The summed E-state index contributed by atoms with van der Waals surface area (Å²) in [5, 5.41) is 11.8. The van der Waals surface area contributed by atoms with Crippen molar-refractivity contribution in [3.05, 3.63) is 53.6 Å². The lowest BCUT2D eigenvalue weighted by molar-refractivity contribution is -0.110. The summed E-state index contributed by atoms with van der Waals surface area (Å²) in [5.74, 6) is 0.519. The number of aliphatic hydroxyl groups is 1. The molecule has 1 aromatic carbocycles. The van der Waals surface area contributed by atoms with E-state index in [0.717, 1.165) is 11.2 Å². The molecule has 3 aromatic rings. The minimum absolute atomic E-state index is 0.254. The fourth-order valence-corrected chi connectivity index (χ4v) is 4.05. The number of pyridine rings is 1. The number of aromatic nitrogens is 2. The van der Waals surface area contributed by atoms with Crippen molar-refractivity contribution < 1.29 is 23.0 Å². The molecule has 0 saturated heterocycles. The van der Waals surface area contributed by atoms with Crippen molar-refractivity contribution in [2.45, 2.75) is 44.1 Å². The molecule has 2 aromatic heterocycles. The molecule has 0 aliphatic carbocycles. The first-order valence-corrected chi connectivity index (χ1v) is 9.95. The van der Waals surface area contributed by atoms with Crippen LogP contribution in [0.4, 0.5) is 19.0 Å². The third-order valence-electron chi connectivity index (χ3n) is 5.55. The highest BCUT2D eigenvalue weighted by molar-refractivity contribution is 5.82. The van der Waals surface area contributed by atoms with Crippen LogP contribution in [0.15, 0.2) is 36.5 Å². The van der Waals surface area contributed by atoms with Gasteiger partial charge in [0.1, 0.15) is 23.0 Å². The molecule has 3 rings (SSSR count). The maximum Gasteiger partial charge on any atom is 0.267 e.